The summed E-state index contributed by atoms with van der Waals surface area (Å²) in [4.78, 5) is 39.4. The summed E-state index contributed by atoms with van der Waals surface area (Å²) in [6.07, 6.45) is 4.53. The van der Waals surface area contributed by atoms with E-state index in [1.165, 1.54) is 22.7 Å². The summed E-state index contributed by atoms with van der Waals surface area (Å²) in [7, 11) is 1.49. The van der Waals surface area contributed by atoms with Crippen molar-refractivity contribution in [1.29, 1.82) is 0 Å². The number of carboxylic acid groups (broad SMARTS) is 1. The number of nitrogens with zero attached hydrogens (tertiary/aromatic N) is 4. The number of likely N-dealkylation sites (N-methyl/N-ethyl adjacent to an activating group) is 1. The van der Waals surface area contributed by atoms with E-state index in [4.69, 9.17) is 0 Å². The molecule has 1 fully saturated rings. The lowest BCUT2D eigenvalue weighted by molar-refractivity contribution is -0.389. The number of rotatable bonds is 5. The molecule has 0 radical (unpaired) electrons. The second-order valence-corrected chi connectivity index (χ2v) is 5.88. The van der Waals surface area contributed by atoms with Crippen molar-refractivity contribution < 1.29 is 19.6 Å². The lowest BCUT2D eigenvalue weighted by atomic mass is 9.80. The molecule has 126 valence electrons. The number of carbonyl (C=O) groups excluding carboxylic acids is 1. The number of nitro groups is 1. The first-order valence-corrected chi connectivity index (χ1v) is 7.46. The molecule has 0 unspecified atom stereocenters. The Labute approximate surface area is 133 Å². The van der Waals surface area contributed by atoms with E-state index in [1.54, 1.807) is 6.92 Å². The number of carboxylic acids is 1. The first-order valence-electron chi connectivity index (χ1n) is 7.46. The predicted octanol–water partition coefficient (Wildman–Crippen LogP) is 1.35. The van der Waals surface area contributed by atoms with Crippen LogP contribution in [0, 0.1) is 17.0 Å². The number of aliphatic carboxylic acids is 1. The first-order chi connectivity index (χ1) is 10.8. The lowest BCUT2D eigenvalue weighted by Crippen LogP contribution is -2.57. The Hall–Kier alpha value is -2.45. The second-order valence-electron chi connectivity index (χ2n) is 5.88. The van der Waals surface area contributed by atoms with Gasteiger partial charge in [0.05, 0.1) is 0 Å². The quantitative estimate of drug-likeness (QED) is 0.645. The average Bonchev–Trinajstić information content (AvgIpc) is 2.88. The summed E-state index contributed by atoms with van der Waals surface area (Å²) >= 11 is 0. The molecular weight excluding hydrogens is 304 g/mol. The van der Waals surface area contributed by atoms with Crippen LogP contribution in [0.2, 0.25) is 0 Å². The Balaban J connectivity index is 2.19. The minimum Gasteiger partial charge on any atom is -0.479 e. The number of aromatic nitrogens is 2. The van der Waals surface area contributed by atoms with E-state index in [-0.39, 0.29) is 12.4 Å². The average molecular weight is 324 g/mol. The van der Waals surface area contributed by atoms with Gasteiger partial charge in [-0.2, -0.15) is 0 Å². The monoisotopic (exact) mass is 324 g/mol. The van der Waals surface area contributed by atoms with Gasteiger partial charge in [0.15, 0.2) is 0 Å². The summed E-state index contributed by atoms with van der Waals surface area (Å²) in [5.74, 6) is -1.39. The van der Waals surface area contributed by atoms with E-state index in [0.717, 1.165) is 19.3 Å². The molecule has 1 aliphatic rings. The lowest BCUT2D eigenvalue weighted by Gasteiger charge is -2.41. The third kappa shape index (κ3) is 3.17. The molecule has 0 bridgehead atoms. The Morgan fingerprint density at radius 2 is 2.04 bits per heavy atom. The van der Waals surface area contributed by atoms with Gasteiger partial charge in [0.25, 0.3) is 0 Å². The number of hydrogen-bond acceptors (Lipinski definition) is 5. The molecule has 1 amide bonds. The molecule has 0 spiro atoms. The molecule has 23 heavy (non-hydrogen) atoms. The normalized spacial score (nSPS) is 16.8. The van der Waals surface area contributed by atoms with Crippen molar-refractivity contribution in [2.24, 2.45) is 0 Å². The van der Waals surface area contributed by atoms with Gasteiger partial charge in [-0.1, -0.05) is 19.3 Å². The van der Waals surface area contributed by atoms with E-state index in [1.807, 2.05) is 0 Å². The van der Waals surface area contributed by atoms with E-state index in [9.17, 15) is 24.8 Å². The van der Waals surface area contributed by atoms with E-state index >= 15 is 0 Å². The van der Waals surface area contributed by atoms with Crippen molar-refractivity contribution in [3.05, 3.63) is 22.1 Å². The highest BCUT2D eigenvalue weighted by Crippen LogP contribution is 2.33. The standard InChI is InChI=1S/C14H20N4O5/c1-10-15-11(18(22)23)8-17(10)9-12(19)16(2)14(13(20)21)6-4-3-5-7-14/h8H,3-7,9H2,1-2H3,(H,20,21). The highest BCUT2D eigenvalue weighted by Gasteiger charge is 2.45. The van der Waals surface area contributed by atoms with Crippen LogP contribution in [0.25, 0.3) is 0 Å². The van der Waals surface area contributed by atoms with Crippen molar-refractivity contribution in [3.63, 3.8) is 0 Å². The van der Waals surface area contributed by atoms with Gasteiger partial charge in [0.2, 0.25) is 11.7 Å². The maximum Gasteiger partial charge on any atom is 0.381 e. The third-order valence-electron chi connectivity index (χ3n) is 4.55. The molecular formula is C14H20N4O5. The number of imidazole rings is 1. The van der Waals surface area contributed by atoms with Gasteiger partial charge in [0, 0.05) is 14.0 Å². The Morgan fingerprint density at radius 1 is 1.43 bits per heavy atom. The van der Waals surface area contributed by atoms with Crippen LogP contribution in [-0.4, -0.2) is 48.9 Å². The summed E-state index contributed by atoms with van der Waals surface area (Å²) in [6.45, 7) is 1.39. The van der Waals surface area contributed by atoms with Crippen LogP contribution in [0.5, 0.6) is 0 Å². The molecule has 1 saturated carbocycles. The van der Waals surface area contributed by atoms with Crippen LogP contribution in [0.4, 0.5) is 5.82 Å². The number of hydrogen-bond donors (Lipinski definition) is 1. The smallest absolute Gasteiger partial charge is 0.381 e. The molecule has 0 aromatic carbocycles. The fourth-order valence-electron chi connectivity index (χ4n) is 3.06. The predicted molar refractivity (Wildman–Crippen MR) is 79.8 cm³/mol. The van der Waals surface area contributed by atoms with Crippen LogP contribution in [0.1, 0.15) is 37.9 Å². The molecule has 1 N–H and O–H groups in total. The molecule has 0 saturated heterocycles. The van der Waals surface area contributed by atoms with E-state index in [2.05, 4.69) is 4.98 Å². The molecule has 0 atom stereocenters. The third-order valence-corrected chi connectivity index (χ3v) is 4.55. The van der Waals surface area contributed by atoms with Crippen LogP contribution in [0.15, 0.2) is 6.20 Å². The van der Waals surface area contributed by atoms with Crippen molar-refractivity contribution in [2.45, 2.75) is 51.1 Å². The van der Waals surface area contributed by atoms with Gasteiger partial charge < -0.3 is 20.1 Å². The van der Waals surface area contributed by atoms with E-state index < -0.39 is 22.3 Å². The largest absolute Gasteiger partial charge is 0.479 e. The summed E-state index contributed by atoms with van der Waals surface area (Å²) in [5.41, 5.74) is -1.18. The van der Waals surface area contributed by atoms with Crippen LogP contribution in [0.3, 0.4) is 0 Å². The second kappa shape index (κ2) is 6.35. The summed E-state index contributed by atoms with van der Waals surface area (Å²) < 4.78 is 1.37. The SMILES string of the molecule is Cc1nc([N+](=O)[O-])cn1CC(=O)N(C)C1(C(=O)O)CCCCC1. The fourth-order valence-corrected chi connectivity index (χ4v) is 3.06. The first kappa shape index (κ1) is 16.9. The van der Waals surface area contributed by atoms with Crippen LogP contribution in [-0.2, 0) is 16.1 Å². The zero-order chi connectivity index (χ0) is 17.2. The number of carbonyl (C=O) groups is 2. The van der Waals surface area contributed by atoms with Gasteiger partial charge in [0.1, 0.15) is 18.3 Å². The van der Waals surface area contributed by atoms with Crippen LogP contribution >= 0.6 is 0 Å². The zero-order valence-corrected chi connectivity index (χ0v) is 13.2. The zero-order valence-electron chi connectivity index (χ0n) is 13.2. The van der Waals surface area contributed by atoms with Crippen LogP contribution < -0.4 is 0 Å². The fraction of sp³-hybridized carbons (Fsp3) is 0.643. The number of amides is 1. The van der Waals surface area contributed by atoms with Gasteiger partial charge in [-0.05, 0) is 22.7 Å². The van der Waals surface area contributed by atoms with Crippen molar-refractivity contribution in [1.82, 2.24) is 14.5 Å². The van der Waals surface area contributed by atoms with Gasteiger partial charge in [-0.3, -0.25) is 9.36 Å². The molecule has 1 aromatic rings. The van der Waals surface area contributed by atoms with Crippen molar-refractivity contribution in [3.8, 4) is 0 Å². The van der Waals surface area contributed by atoms with Crippen molar-refractivity contribution >= 4 is 17.7 Å². The summed E-state index contributed by atoms with van der Waals surface area (Å²) in [6, 6.07) is 0. The minimum absolute atomic E-state index is 0.168. The Bertz CT molecular complexity index is 633. The number of aryl methyl sites for hydroxylation is 1. The van der Waals surface area contributed by atoms with Crippen molar-refractivity contribution in [2.75, 3.05) is 7.05 Å². The molecule has 0 aliphatic heterocycles. The maximum absolute atomic E-state index is 12.5. The maximum atomic E-state index is 12.5. The van der Waals surface area contributed by atoms with E-state index in [0.29, 0.717) is 18.7 Å². The van der Waals surface area contributed by atoms with Gasteiger partial charge in [-0.15, -0.1) is 0 Å². The Morgan fingerprint density at radius 3 is 2.52 bits per heavy atom. The molecule has 1 aromatic heterocycles. The molecule has 9 nitrogen and oxygen atoms in total. The highest BCUT2D eigenvalue weighted by atomic mass is 16.6. The summed E-state index contributed by atoms with van der Waals surface area (Å²) in [5, 5.41) is 20.3. The minimum atomic E-state index is -1.18. The van der Waals surface area contributed by atoms with Gasteiger partial charge >= 0.3 is 11.8 Å². The Kier molecular flexibility index (Phi) is 4.67. The molecule has 1 aliphatic carbocycles. The molecule has 2 rings (SSSR count). The molecule has 1 heterocycles. The molecule has 9 heteroatoms. The topological polar surface area (TPSA) is 119 Å². The highest BCUT2D eigenvalue weighted by molar-refractivity contribution is 5.87. The van der Waals surface area contributed by atoms with Gasteiger partial charge in [-0.25, -0.2) is 4.79 Å².